The summed E-state index contributed by atoms with van der Waals surface area (Å²) in [6, 6.07) is 2.35. The van der Waals surface area contributed by atoms with Crippen molar-refractivity contribution in [2.45, 2.75) is 26.8 Å². The SMILES string of the molecule is CC(C)(C)[C@H](N)C(=O)Nc1ccc(F)c([N+](=O)[O-])c1. The number of rotatable bonds is 3. The molecule has 3 N–H and O–H groups in total. The minimum atomic E-state index is -0.955. The Bertz CT molecular complexity index is 511. The van der Waals surface area contributed by atoms with E-state index in [1.165, 1.54) is 6.07 Å². The number of nitrogens with zero attached hydrogens (tertiary/aromatic N) is 1. The average Bonchev–Trinajstić information content (AvgIpc) is 2.29. The van der Waals surface area contributed by atoms with Crippen LogP contribution in [0.4, 0.5) is 15.8 Å². The number of anilines is 1. The van der Waals surface area contributed by atoms with Gasteiger partial charge < -0.3 is 11.1 Å². The topological polar surface area (TPSA) is 98.3 Å². The molecule has 1 amide bonds. The zero-order valence-corrected chi connectivity index (χ0v) is 10.9. The summed E-state index contributed by atoms with van der Waals surface area (Å²) < 4.78 is 13.1. The highest BCUT2D eigenvalue weighted by Crippen LogP contribution is 2.23. The number of benzene rings is 1. The standard InChI is InChI=1S/C12H16FN3O3/c1-12(2,3)10(14)11(17)15-7-4-5-8(13)9(6-7)16(18)19/h4-6,10H,14H2,1-3H3,(H,15,17)/t10-/m1/s1. The van der Waals surface area contributed by atoms with Crippen LogP contribution in [-0.2, 0) is 4.79 Å². The molecule has 19 heavy (non-hydrogen) atoms. The van der Waals surface area contributed by atoms with Crippen LogP contribution in [0.2, 0.25) is 0 Å². The number of nitro groups is 1. The maximum Gasteiger partial charge on any atom is 0.306 e. The van der Waals surface area contributed by atoms with E-state index in [1.807, 2.05) is 0 Å². The van der Waals surface area contributed by atoms with Crippen molar-refractivity contribution in [2.75, 3.05) is 5.32 Å². The first-order valence-corrected chi connectivity index (χ1v) is 5.63. The van der Waals surface area contributed by atoms with Gasteiger partial charge in [0.2, 0.25) is 11.7 Å². The highest BCUT2D eigenvalue weighted by Gasteiger charge is 2.27. The zero-order chi connectivity index (χ0) is 14.8. The molecular formula is C12H16FN3O3. The summed E-state index contributed by atoms with van der Waals surface area (Å²) in [7, 11) is 0. The van der Waals surface area contributed by atoms with Crippen molar-refractivity contribution in [3.8, 4) is 0 Å². The highest BCUT2D eigenvalue weighted by molar-refractivity contribution is 5.95. The van der Waals surface area contributed by atoms with Crippen molar-refractivity contribution >= 4 is 17.3 Å². The Labute approximate surface area is 109 Å². The van der Waals surface area contributed by atoms with Gasteiger partial charge in [-0.3, -0.25) is 14.9 Å². The third-order valence-corrected chi connectivity index (χ3v) is 2.63. The molecule has 0 radical (unpaired) electrons. The minimum absolute atomic E-state index is 0.137. The fraction of sp³-hybridized carbons (Fsp3) is 0.417. The first kappa shape index (κ1) is 15.0. The second kappa shape index (κ2) is 5.31. The van der Waals surface area contributed by atoms with E-state index < -0.39 is 33.8 Å². The molecule has 0 aliphatic rings. The van der Waals surface area contributed by atoms with E-state index in [0.29, 0.717) is 0 Å². The van der Waals surface area contributed by atoms with E-state index in [4.69, 9.17) is 5.73 Å². The van der Waals surface area contributed by atoms with Gasteiger partial charge in [0.25, 0.3) is 0 Å². The average molecular weight is 269 g/mol. The van der Waals surface area contributed by atoms with Gasteiger partial charge in [-0.2, -0.15) is 4.39 Å². The van der Waals surface area contributed by atoms with Crippen LogP contribution in [0.25, 0.3) is 0 Å². The number of nitrogens with two attached hydrogens (primary N) is 1. The molecule has 0 unspecified atom stereocenters. The quantitative estimate of drug-likeness (QED) is 0.648. The van der Waals surface area contributed by atoms with Gasteiger partial charge in [0, 0.05) is 11.8 Å². The van der Waals surface area contributed by atoms with Crippen LogP contribution in [0, 0.1) is 21.3 Å². The molecular weight excluding hydrogens is 253 g/mol. The molecule has 1 atom stereocenters. The van der Waals surface area contributed by atoms with E-state index in [2.05, 4.69) is 5.32 Å². The summed E-state index contributed by atoms with van der Waals surface area (Å²) >= 11 is 0. The molecule has 1 aromatic carbocycles. The lowest BCUT2D eigenvalue weighted by Gasteiger charge is -2.25. The first-order chi connectivity index (χ1) is 8.62. The zero-order valence-electron chi connectivity index (χ0n) is 10.9. The summed E-state index contributed by atoms with van der Waals surface area (Å²) in [5.74, 6) is -1.43. The summed E-state index contributed by atoms with van der Waals surface area (Å²) in [6.07, 6.45) is 0. The van der Waals surface area contributed by atoms with E-state index in [0.717, 1.165) is 12.1 Å². The predicted molar refractivity (Wildman–Crippen MR) is 69.1 cm³/mol. The van der Waals surface area contributed by atoms with Crippen molar-refractivity contribution in [2.24, 2.45) is 11.1 Å². The first-order valence-electron chi connectivity index (χ1n) is 5.63. The third kappa shape index (κ3) is 3.72. The van der Waals surface area contributed by atoms with E-state index in [-0.39, 0.29) is 5.69 Å². The van der Waals surface area contributed by atoms with Crippen LogP contribution in [-0.4, -0.2) is 16.9 Å². The molecule has 0 aliphatic carbocycles. The Morgan fingerprint density at radius 2 is 2.05 bits per heavy atom. The van der Waals surface area contributed by atoms with Crippen molar-refractivity contribution in [3.05, 3.63) is 34.1 Å². The van der Waals surface area contributed by atoms with Crippen LogP contribution >= 0.6 is 0 Å². The second-order valence-corrected chi connectivity index (χ2v) is 5.26. The lowest BCUT2D eigenvalue weighted by molar-refractivity contribution is -0.387. The Kier molecular flexibility index (Phi) is 4.21. The molecule has 0 bridgehead atoms. The number of nitrogens with one attached hydrogen (secondary N) is 1. The van der Waals surface area contributed by atoms with E-state index in [1.54, 1.807) is 20.8 Å². The maximum atomic E-state index is 13.1. The molecule has 104 valence electrons. The molecule has 0 spiro atoms. The molecule has 6 nitrogen and oxygen atoms in total. The van der Waals surface area contributed by atoms with Crippen LogP contribution in [0.1, 0.15) is 20.8 Å². The third-order valence-electron chi connectivity index (χ3n) is 2.63. The number of hydrogen-bond acceptors (Lipinski definition) is 4. The van der Waals surface area contributed by atoms with Crippen LogP contribution < -0.4 is 11.1 Å². The van der Waals surface area contributed by atoms with Gasteiger partial charge in [-0.1, -0.05) is 20.8 Å². The number of nitro benzene ring substituents is 1. The van der Waals surface area contributed by atoms with Gasteiger partial charge in [-0.05, 0) is 17.5 Å². The van der Waals surface area contributed by atoms with E-state index >= 15 is 0 Å². The van der Waals surface area contributed by atoms with Gasteiger partial charge in [-0.15, -0.1) is 0 Å². The fourth-order valence-electron chi connectivity index (χ4n) is 1.34. The summed E-state index contributed by atoms with van der Waals surface area (Å²) in [6.45, 7) is 5.39. The van der Waals surface area contributed by atoms with Gasteiger partial charge in [-0.25, -0.2) is 0 Å². The fourth-order valence-corrected chi connectivity index (χ4v) is 1.34. The van der Waals surface area contributed by atoms with Gasteiger partial charge in [0.1, 0.15) is 0 Å². The molecule has 0 saturated heterocycles. The monoisotopic (exact) mass is 269 g/mol. The Hall–Kier alpha value is -2.02. The Morgan fingerprint density at radius 3 is 2.53 bits per heavy atom. The molecule has 0 aromatic heterocycles. The molecule has 0 heterocycles. The summed E-state index contributed by atoms with van der Waals surface area (Å²) in [4.78, 5) is 21.6. The number of hydrogen-bond donors (Lipinski definition) is 2. The smallest absolute Gasteiger partial charge is 0.306 e. The predicted octanol–water partition coefficient (Wildman–Crippen LogP) is 2.05. The number of halogens is 1. The summed E-state index contributed by atoms with van der Waals surface area (Å²) in [5.41, 5.74) is 4.75. The Morgan fingerprint density at radius 1 is 1.47 bits per heavy atom. The van der Waals surface area contributed by atoms with Crippen LogP contribution in [0.3, 0.4) is 0 Å². The van der Waals surface area contributed by atoms with Gasteiger partial charge in [0.05, 0.1) is 11.0 Å². The second-order valence-electron chi connectivity index (χ2n) is 5.26. The molecule has 7 heteroatoms. The lowest BCUT2D eigenvalue weighted by Crippen LogP contribution is -2.45. The van der Waals surface area contributed by atoms with Crippen molar-refractivity contribution < 1.29 is 14.1 Å². The number of carbonyl (C=O) groups is 1. The molecule has 0 saturated carbocycles. The highest BCUT2D eigenvalue weighted by atomic mass is 19.1. The van der Waals surface area contributed by atoms with Crippen LogP contribution in [0.15, 0.2) is 18.2 Å². The maximum absolute atomic E-state index is 13.1. The number of carbonyl (C=O) groups excluding carboxylic acids is 1. The number of amides is 1. The minimum Gasteiger partial charge on any atom is -0.324 e. The molecule has 0 aliphatic heterocycles. The van der Waals surface area contributed by atoms with Crippen molar-refractivity contribution in [3.63, 3.8) is 0 Å². The molecule has 1 aromatic rings. The van der Waals surface area contributed by atoms with Crippen LogP contribution in [0.5, 0.6) is 0 Å². The van der Waals surface area contributed by atoms with E-state index in [9.17, 15) is 19.3 Å². The molecule has 1 rings (SSSR count). The normalized spacial score (nSPS) is 12.9. The van der Waals surface area contributed by atoms with Crippen molar-refractivity contribution in [1.29, 1.82) is 0 Å². The largest absolute Gasteiger partial charge is 0.324 e. The Balaban J connectivity index is 2.92. The van der Waals surface area contributed by atoms with Gasteiger partial charge >= 0.3 is 5.69 Å². The summed E-state index contributed by atoms with van der Waals surface area (Å²) in [5, 5.41) is 13.0. The molecule has 0 fully saturated rings. The lowest BCUT2D eigenvalue weighted by atomic mass is 9.87. The van der Waals surface area contributed by atoms with Gasteiger partial charge in [0.15, 0.2) is 0 Å². The van der Waals surface area contributed by atoms with Crippen molar-refractivity contribution in [1.82, 2.24) is 0 Å².